The Morgan fingerprint density at radius 2 is 1.83 bits per heavy atom. The first-order valence-electron chi connectivity index (χ1n) is 5.10. The summed E-state index contributed by atoms with van der Waals surface area (Å²) in [4.78, 5) is 0. The molecule has 1 N–H and O–H groups in total. The lowest BCUT2D eigenvalue weighted by Crippen LogP contribution is -2.49. The average Bonchev–Trinajstić information content (AvgIpc) is 2.07. The van der Waals surface area contributed by atoms with Crippen LogP contribution >= 0.6 is 0 Å². The third kappa shape index (κ3) is 1.17. The highest BCUT2D eigenvalue weighted by atomic mass is 19.1. The van der Waals surface area contributed by atoms with E-state index in [1.54, 1.807) is 0 Å². The van der Waals surface area contributed by atoms with Crippen molar-refractivity contribution < 1.29 is 9.50 Å². The smallest absolute Gasteiger partial charge is 0.139 e. The number of halogens is 1. The Hall–Kier alpha value is -0.110. The number of aliphatic hydroxyl groups is 1. The Morgan fingerprint density at radius 1 is 1.08 bits per heavy atom. The second kappa shape index (κ2) is 2.99. The van der Waals surface area contributed by atoms with Gasteiger partial charge in [-0.15, -0.1) is 0 Å². The van der Waals surface area contributed by atoms with Crippen molar-refractivity contribution in [2.24, 2.45) is 5.92 Å². The molecule has 0 aromatic carbocycles. The van der Waals surface area contributed by atoms with E-state index in [1.807, 2.05) is 0 Å². The fourth-order valence-electron chi connectivity index (χ4n) is 2.85. The van der Waals surface area contributed by atoms with Gasteiger partial charge in [0, 0.05) is 0 Å². The first-order valence-corrected chi connectivity index (χ1v) is 5.10. The van der Waals surface area contributed by atoms with Crippen LogP contribution in [0.3, 0.4) is 0 Å². The number of rotatable bonds is 0. The Bertz CT molecular complexity index is 169. The molecule has 0 saturated heterocycles. The number of alkyl halides is 1. The van der Waals surface area contributed by atoms with Gasteiger partial charge in [0.25, 0.3) is 0 Å². The Balaban J connectivity index is 2.14. The minimum absolute atomic E-state index is 0.162. The van der Waals surface area contributed by atoms with Crippen LogP contribution in [0.2, 0.25) is 0 Å². The molecule has 3 atom stereocenters. The molecule has 2 heteroatoms. The van der Waals surface area contributed by atoms with E-state index in [1.165, 1.54) is 0 Å². The van der Waals surface area contributed by atoms with Crippen molar-refractivity contribution in [3.05, 3.63) is 0 Å². The van der Waals surface area contributed by atoms with E-state index in [4.69, 9.17) is 0 Å². The first-order chi connectivity index (χ1) is 5.73. The maximum atomic E-state index is 14.2. The van der Waals surface area contributed by atoms with Gasteiger partial charge in [-0.2, -0.15) is 0 Å². The molecular formula is C10H17FO. The Morgan fingerprint density at radius 3 is 2.58 bits per heavy atom. The van der Waals surface area contributed by atoms with Gasteiger partial charge in [-0.3, -0.25) is 0 Å². The predicted molar refractivity (Wildman–Crippen MR) is 45.7 cm³/mol. The van der Waals surface area contributed by atoms with Crippen molar-refractivity contribution in [1.29, 1.82) is 0 Å². The number of fused-ring (bicyclic) bond motifs is 1. The third-order valence-electron chi connectivity index (χ3n) is 3.63. The highest BCUT2D eigenvalue weighted by Gasteiger charge is 2.48. The Kier molecular flexibility index (Phi) is 2.11. The van der Waals surface area contributed by atoms with Crippen LogP contribution in [0.1, 0.15) is 44.9 Å². The molecule has 0 aromatic heterocycles. The topological polar surface area (TPSA) is 20.2 Å². The molecule has 0 amide bonds. The van der Waals surface area contributed by atoms with Crippen LogP contribution in [-0.2, 0) is 0 Å². The van der Waals surface area contributed by atoms with Crippen LogP contribution in [0.15, 0.2) is 0 Å². The van der Waals surface area contributed by atoms with Crippen LogP contribution in [0.5, 0.6) is 0 Å². The summed E-state index contributed by atoms with van der Waals surface area (Å²) < 4.78 is 14.2. The minimum atomic E-state index is -1.21. The van der Waals surface area contributed by atoms with Crippen LogP contribution in [0, 0.1) is 5.92 Å². The molecule has 2 rings (SSSR count). The molecule has 2 aliphatic rings. The zero-order valence-corrected chi connectivity index (χ0v) is 7.43. The van der Waals surface area contributed by atoms with Crippen LogP contribution in [0.25, 0.3) is 0 Å². The summed E-state index contributed by atoms with van der Waals surface area (Å²) in [6, 6.07) is 0. The molecule has 0 spiro atoms. The lowest BCUT2D eigenvalue weighted by molar-refractivity contribution is -0.0993. The summed E-state index contributed by atoms with van der Waals surface area (Å²) in [6.45, 7) is 0. The summed E-state index contributed by atoms with van der Waals surface area (Å²) in [5.74, 6) is 0.162. The van der Waals surface area contributed by atoms with Crippen molar-refractivity contribution in [3.8, 4) is 0 Å². The zero-order chi connectivity index (χ0) is 8.60. The first kappa shape index (κ1) is 8.49. The normalized spacial score (nSPS) is 48.5. The lowest BCUT2D eigenvalue weighted by atomic mass is 9.67. The molecule has 0 bridgehead atoms. The van der Waals surface area contributed by atoms with Crippen LogP contribution in [0.4, 0.5) is 4.39 Å². The summed E-state index contributed by atoms with van der Waals surface area (Å²) in [5, 5.41) is 9.59. The molecule has 2 aliphatic carbocycles. The van der Waals surface area contributed by atoms with Gasteiger partial charge >= 0.3 is 0 Å². The van der Waals surface area contributed by atoms with Crippen molar-refractivity contribution in [2.75, 3.05) is 0 Å². The molecule has 1 nitrogen and oxygen atoms in total. The molecule has 2 saturated carbocycles. The maximum absolute atomic E-state index is 14.2. The monoisotopic (exact) mass is 172 g/mol. The van der Waals surface area contributed by atoms with Gasteiger partial charge in [0.2, 0.25) is 0 Å². The van der Waals surface area contributed by atoms with Crippen molar-refractivity contribution in [2.45, 2.75) is 56.7 Å². The summed E-state index contributed by atoms with van der Waals surface area (Å²) >= 11 is 0. The van der Waals surface area contributed by atoms with Crippen molar-refractivity contribution >= 4 is 0 Å². The summed E-state index contributed by atoms with van der Waals surface area (Å²) in [6.07, 6.45) is 5.72. The number of aliphatic hydroxyl groups excluding tert-OH is 1. The molecule has 0 radical (unpaired) electrons. The van der Waals surface area contributed by atoms with E-state index in [0.29, 0.717) is 12.8 Å². The van der Waals surface area contributed by atoms with E-state index < -0.39 is 11.8 Å². The van der Waals surface area contributed by atoms with E-state index in [2.05, 4.69) is 0 Å². The Labute approximate surface area is 73.0 Å². The number of hydrogen-bond acceptors (Lipinski definition) is 1. The highest BCUT2D eigenvalue weighted by molar-refractivity contribution is 4.98. The van der Waals surface area contributed by atoms with E-state index in [-0.39, 0.29) is 5.92 Å². The second-order valence-electron chi connectivity index (χ2n) is 4.32. The zero-order valence-electron chi connectivity index (χ0n) is 7.43. The molecule has 3 unspecified atom stereocenters. The fourth-order valence-corrected chi connectivity index (χ4v) is 2.85. The molecule has 0 heterocycles. The average molecular weight is 172 g/mol. The van der Waals surface area contributed by atoms with Gasteiger partial charge in [-0.1, -0.05) is 19.3 Å². The minimum Gasteiger partial charge on any atom is -0.390 e. The largest absolute Gasteiger partial charge is 0.390 e. The standard InChI is InChI=1S/C10H17FO/c11-10-7-2-1-4-8(10)5-3-6-9(10)12/h8-9,12H,1-7H2. The molecule has 0 aliphatic heterocycles. The molecular weight excluding hydrogens is 155 g/mol. The second-order valence-corrected chi connectivity index (χ2v) is 4.32. The van der Waals surface area contributed by atoms with E-state index in [9.17, 15) is 9.50 Å². The maximum Gasteiger partial charge on any atom is 0.139 e. The van der Waals surface area contributed by atoms with E-state index >= 15 is 0 Å². The SMILES string of the molecule is OC1CCCC2CCCCC12F. The van der Waals surface area contributed by atoms with Gasteiger partial charge < -0.3 is 5.11 Å². The van der Waals surface area contributed by atoms with Crippen LogP contribution in [-0.4, -0.2) is 16.9 Å². The van der Waals surface area contributed by atoms with Crippen LogP contribution < -0.4 is 0 Å². The van der Waals surface area contributed by atoms with Gasteiger partial charge in [-0.25, -0.2) is 4.39 Å². The number of hydrogen-bond donors (Lipinski definition) is 1. The molecule has 70 valence electrons. The van der Waals surface area contributed by atoms with Gasteiger partial charge in [-0.05, 0) is 31.6 Å². The van der Waals surface area contributed by atoms with Crippen molar-refractivity contribution in [3.63, 3.8) is 0 Å². The quantitative estimate of drug-likeness (QED) is 0.595. The molecule has 12 heavy (non-hydrogen) atoms. The lowest BCUT2D eigenvalue weighted by Gasteiger charge is -2.44. The van der Waals surface area contributed by atoms with Gasteiger partial charge in [0.05, 0.1) is 6.10 Å². The predicted octanol–water partition coefficient (Wildman–Crippen LogP) is 2.43. The summed E-state index contributed by atoms with van der Waals surface area (Å²) in [5.41, 5.74) is -1.21. The van der Waals surface area contributed by atoms with Gasteiger partial charge in [0.15, 0.2) is 0 Å². The fraction of sp³-hybridized carbons (Fsp3) is 1.00. The van der Waals surface area contributed by atoms with Gasteiger partial charge in [0.1, 0.15) is 5.67 Å². The highest BCUT2D eigenvalue weighted by Crippen LogP contribution is 2.46. The van der Waals surface area contributed by atoms with Crippen molar-refractivity contribution in [1.82, 2.24) is 0 Å². The van der Waals surface area contributed by atoms with E-state index in [0.717, 1.165) is 32.1 Å². The summed E-state index contributed by atoms with van der Waals surface area (Å²) in [7, 11) is 0. The molecule has 0 aromatic rings. The third-order valence-corrected chi connectivity index (χ3v) is 3.63. The molecule has 2 fully saturated rings.